The summed E-state index contributed by atoms with van der Waals surface area (Å²) in [7, 11) is 0. The van der Waals surface area contributed by atoms with E-state index in [0.29, 0.717) is 5.57 Å². The van der Waals surface area contributed by atoms with Crippen molar-refractivity contribution < 1.29 is 0 Å². The third-order valence-electron chi connectivity index (χ3n) is 1.06. The number of hydrogen-bond donors (Lipinski definition) is 0. The molecule has 0 atom stereocenters. The average molecular weight is 163 g/mol. The van der Waals surface area contributed by atoms with Crippen LogP contribution in [0.2, 0.25) is 0 Å². The van der Waals surface area contributed by atoms with Crippen molar-refractivity contribution in [1.82, 2.24) is 0 Å². The van der Waals surface area contributed by atoms with Crippen LogP contribution in [0.4, 0.5) is 0 Å². The summed E-state index contributed by atoms with van der Waals surface area (Å²) >= 11 is 0. The summed E-state index contributed by atoms with van der Waals surface area (Å²) in [6, 6.07) is 2.08. The van der Waals surface area contributed by atoms with Crippen molar-refractivity contribution in [3.63, 3.8) is 0 Å². The van der Waals surface area contributed by atoms with Gasteiger partial charge in [-0.15, -0.1) is 0 Å². The van der Waals surface area contributed by atoms with Crippen molar-refractivity contribution in [3.05, 3.63) is 36.0 Å². The standard InChI is InChI=1S/C9H11N.C2H6/c1-4-5-6-9(7-10)8(2)3;1-2/h4-6H,1H2,2-3H3;1-2H3/b6-5-;. The predicted octanol–water partition coefficient (Wildman–Crippen LogP) is 3.61. The molecule has 0 aromatic rings. The maximum Gasteiger partial charge on any atom is 0.0990 e. The van der Waals surface area contributed by atoms with Crippen molar-refractivity contribution in [2.45, 2.75) is 27.7 Å². The molecule has 0 fully saturated rings. The van der Waals surface area contributed by atoms with Crippen molar-refractivity contribution in [2.24, 2.45) is 0 Å². The molecule has 1 heteroatoms. The van der Waals surface area contributed by atoms with Gasteiger partial charge in [0.05, 0.1) is 11.6 Å². The lowest BCUT2D eigenvalue weighted by Gasteiger charge is -1.89. The first-order valence-electron chi connectivity index (χ1n) is 4.09. The maximum atomic E-state index is 8.53. The summed E-state index contributed by atoms with van der Waals surface area (Å²) in [6.45, 7) is 11.3. The summed E-state index contributed by atoms with van der Waals surface area (Å²) in [5.74, 6) is 0. The molecule has 0 heterocycles. The Hall–Kier alpha value is -1.29. The van der Waals surface area contributed by atoms with Gasteiger partial charge in [-0.2, -0.15) is 5.26 Å². The zero-order chi connectivity index (χ0) is 9.98. The minimum atomic E-state index is 0.708. The second-order valence-electron chi connectivity index (χ2n) is 2.12. The van der Waals surface area contributed by atoms with Gasteiger partial charge in [0.1, 0.15) is 0 Å². The van der Waals surface area contributed by atoms with Crippen molar-refractivity contribution in [1.29, 1.82) is 5.26 Å². The Balaban J connectivity index is 0. The van der Waals surface area contributed by atoms with E-state index in [4.69, 9.17) is 5.26 Å². The largest absolute Gasteiger partial charge is 0.192 e. The molecule has 0 bridgehead atoms. The van der Waals surface area contributed by atoms with Gasteiger partial charge >= 0.3 is 0 Å². The van der Waals surface area contributed by atoms with Gasteiger partial charge in [0.25, 0.3) is 0 Å². The van der Waals surface area contributed by atoms with Crippen LogP contribution in [0.3, 0.4) is 0 Å². The second kappa shape index (κ2) is 9.71. The fourth-order valence-corrected chi connectivity index (χ4v) is 0.480. The highest BCUT2D eigenvalue weighted by molar-refractivity contribution is 5.37. The first-order valence-corrected chi connectivity index (χ1v) is 4.09. The first-order chi connectivity index (χ1) is 5.72. The van der Waals surface area contributed by atoms with E-state index in [1.54, 1.807) is 18.2 Å². The molecule has 1 nitrogen and oxygen atoms in total. The smallest absolute Gasteiger partial charge is 0.0990 e. The van der Waals surface area contributed by atoms with Gasteiger partial charge in [-0.1, -0.05) is 38.2 Å². The van der Waals surface area contributed by atoms with Gasteiger partial charge in [-0.3, -0.25) is 0 Å². The summed E-state index contributed by atoms with van der Waals surface area (Å²) in [5, 5.41) is 8.53. The van der Waals surface area contributed by atoms with Crippen molar-refractivity contribution in [3.8, 4) is 6.07 Å². The molecule has 0 unspecified atom stereocenters. The lowest BCUT2D eigenvalue weighted by molar-refractivity contribution is 1.33. The fourth-order valence-electron chi connectivity index (χ4n) is 0.480. The molecule has 0 aliphatic heterocycles. The van der Waals surface area contributed by atoms with Crippen LogP contribution in [0.15, 0.2) is 36.0 Å². The molecule has 12 heavy (non-hydrogen) atoms. The fraction of sp³-hybridized carbons (Fsp3) is 0.364. The van der Waals surface area contributed by atoms with Crippen LogP contribution in [-0.4, -0.2) is 0 Å². The third kappa shape index (κ3) is 6.82. The monoisotopic (exact) mass is 163 g/mol. The Kier molecular flexibility index (Phi) is 10.8. The average Bonchev–Trinajstić information content (AvgIpc) is 2.09. The molecular weight excluding hydrogens is 146 g/mol. The van der Waals surface area contributed by atoms with Crippen LogP contribution in [-0.2, 0) is 0 Å². The van der Waals surface area contributed by atoms with Gasteiger partial charge in [-0.25, -0.2) is 0 Å². The number of hydrogen-bond acceptors (Lipinski definition) is 1. The molecule has 0 saturated heterocycles. The number of nitriles is 1. The van der Waals surface area contributed by atoms with Crippen molar-refractivity contribution in [2.75, 3.05) is 0 Å². The zero-order valence-corrected chi connectivity index (χ0v) is 8.39. The molecule has 0 aromatic heterocycles. The zero-order valence-electron chi connectivity index (χ0n) is 8.39. The van der Waals surface area contributed by atoms with Crippen LogP contribution < -0.4 is 0 Å². The lowest BCUT2D eigenvalue weighted by atomic mass is 10.1. The SMILES string of the molecule is C=C/C=C\C(C#N)=C(C)C.CC. The van der Waals surface area contributed by atoms with Crippen LogP contribution in [0.25, 0.3) is 0 Å². The van der Waals surface area contributed by atoms with E-state index < -0.39 is 0 Å². The van der Waals surface area contributed by atoms with Crippen LogP contribution >= 0.6 is 0 Å². The van der Waals surface area contributed by atoms with E-state index in [9.17, 15) is 0 Å². The highest BCUT2D eigenvalue weighted by atomic mass is 14.2. The molecule has 0 aliphatic carbocycles. The molecule has 0 rings (SSSR count). The lowest BCUT2D eigenvalue weighted by Crippen LogP contribution is -1.74. The van der Waals surface area contributed by atoms with E-state index in [0.717, 1.165) is 5.57 Å². The molecule has 0 spiro atoms. The summed E-state index contributed by atoms with van der Waals surface area (Å²) in [5.41, 5.74) is 1.74. The number of rotatable bonds is 2. The number of allylic oxidation sites excluding steroid dienone is 5. The van der Waals surface area contributed by atoms with Gasteiger partial charge < -0.3 is 0 Å². The molecule has 0 saturated carbocycles. The van der Waals surface area contributed by atoms with E-state index >= 15 is 0 Å². The van der Waals surface area contributed by atoms with E-state index in [2.05, 4.69) is 12.6 Å². The molecular formula is C11H17N. The Morgan fingerprint density at radius 2 is 1.83 bits per heavy atom. The third-order valence-corrected chi connectivity index (χ3v) is 1.06. The molecule has 0 N–H and O–H groups in total. The summed E-state index contributed by atoms with van der Waals surface area (Å²) in [6.07, 6.45) is 5.16. The highest BCUT2D eigenvalue weighted by Gasteiger charge is 1.88. The van der Waals surface area contributed by atoms with Crippen LogP contribution in [0.1, 0.15) is 27.7 Å². The minimum absolute atomic E-state index is 0.708. The Morgan fingerprint density at radius 3 is 2.08 bits per heavy atom. The molecule has 0 amide bonds. The normalized spacial score (nSPS) is 7.92. The van der Waals surface area contributed by atoms with Gasteiger partial charge in [0, 0.05) is 0 Å². The first kappa shape index (κ1) is 13.3. The molecule has 0 radical (unpaired) electrons. The van der Waals surface area contributed by atoms with Gasteiger partial charge in [0.15, 0.2) is 0 Å². The minimum Gasteiger partial charge on any atom is -0.192 e. The van der Waals surface area contributed by atoms with Crippen LogP contribution in [0, 0.1) is 11.3 Å². The summed E-state index contributed by atoms with van der Waals surface area (Å²) in [4.78, 5) is 0. The van der Waals surface area contributed by atoms with Crippen LogP contribution in [0.5, 0.6) is 0 Å². The highest BCUT2D eigenvalue weighted by Crippen LogP contribution is 2.02. The van der Waals surface area contributed by atoms with Gasteiger partial charge in [0.2, 0.25) is 0 Å². The van der Waals surface area contributed by atoms with E-state index in [1.165, 1.54) is 0 Å². The Labute approximate surface area is 75.7 Å². The van der Waals surface area contributed by atoms with Gasteiger partial charge in [-0.05, 0) is 19.9 Å². The van der Waals surface area contributed by atoms with Crippen molar-refractivity contribution >= 4 is 0 Å². The predicted molar refractivity (Wildman–Crippen MR) is 54.7 cm³/mol. The van der Waals surface area contributed by atoms with E-state index in [-0.39, 0.29) is 0 Å². The van der Waals surface area contributed by atoms with E-state index in [1.807, 2.05) is 27.7 Å². The Bertz CT molecular complexity index is 210. The number of nitrogens with zero attached hydrogens (tertiary/aromatic N) is 1. The molecule has 0 aromatic carbocycles. The second-order valence-corrected chi connectivity index (χ2v) is 2.12. The summed E-state index contributed by atoms with van der Waals surface area (Å²) < 4.78 is 0. The quantitative estimate of drug-likeness (QED) is 0.450. The topological polar surface area (TPSA) is 23.8 Å². The molecule has 66 valence electrons. The molecule has 0 aliphatic rings. The maximum absolute atomic E-state index is 8.53. The Morgan fingerprint density at radius 1 is 1.33 bits per heavy atom.